The van der Waals surface area contributed by atoms with Crippen LogP contribution in [0.2, 0.25) is 0 Å². The first-order chi connectivity index (χ1) is 9.72. The minimum absolute atomic E-state index is 0.196. The molecule has 1 aliphatic heterocycles. The van der Waals surface area contributed by atoms with Gasteiger partial charge in [-0.25, -0.2) is 9.37 Å². The summed E-state index contributed by atoms with van der Waals surface area (Å²) in [5.74, 6) is -0.0827. The molecule has 4 nitrogen and oxygen atoms in total. The first-order valence-corrected chi connectivity index (χ1v) is 7.62. The molecule has 1 saturated heterocycles. The second-order valence-corrected chi connectivity index (χ2v) is 5.93. The highest BCUT2D eigenvalue weighted by Gasteiger charge is 2.17. The van der Waals surface area contributed by atoms with Gasteiger partial charge in [-0.15, -0.1) is 0 Å². The van der Waals surface area contributed by atoms with Crippen molar-refractivity contribution in [1.29, 1.82) is 0 Å². The maximum Gasteiger partial charge on any atom is 0.224 e. The Morgan fingerprint density at radius 1 is 1.40 bits per heavy atom. The van der Waals surface area contributed by atoms with Crippen LogP contribution in [-0.2, 0) is 4.79 Å². The SMILES string of the molecule is O=C(CCNc1nc2cc(F)ccc2s1)N1CCCC1. The molecule has 0 aliphatic carbocycles. The van der Waals surface area contributed by atoms with Crippen LogP contribution in [0.15, 0.2) is 18.2 Å². The molecule has 0 radical (unpaired) electrons. The van der Waals surface area contributed by atoms with E-state index in [1.165, 1.54) is 23.5 Å². The maximum atomic E-state index is 13.1. The van der Waals surface area contributed by atoms with Gasteiger partial charge in [-0.1, -0.05) is 11.3 Å². The minimum Gasteiger partial charge on any atom is -0.361 e. The number of carbonyl (C=O) groups is 1. The first kappa shape index (κ1) is 13.3. The molecule has 0 spiro atoms. The average Bonchev–Trinajstić information content (AvgIpc) is 3.06. The van der Waals surface area contributed by atoms with E-state index in [9.17, 15) is 9.18 Å². The highest BCUT2D eigenvalue weighted by Crippen LogP contribution is 2.26. The van der Waals surface area contributed by atoms with Crippen molar-refractivity contribution >= 4 is 32.6 Å². The summed E-state index contributed by atoms with van der Waals surface area (Å²) in [7, 11) is 0. The number of benzene rings is 1. The third-order valence-corrected chi connectivity index (χ3v) is 4.42. The Morgan fingerprint density at radius 2 is 2.20 bits per heavy atom. The summed E-state index contributed by atoms with van der Waals surface area (Å²) in [5, 5.41) is 3.88. The molecule has 1 aliphatic rings. The fourth-order valence-electron chi connectivity index (χ4n) is 2.38. The lowest BCUT2D eigenvalue weighted by molar-refractivity contribution is -0.129. The smallest absolute Gasteiger partial charge is 0.224 e. The van der Waals surface area contributed by atoms with Crippen LogP contribution in [0, 0.1) is 5.82 Å². The van der Waals surface area contributed by atoms with Gasteiger partial charge in [0.2, 0.25) is 5.91 Å². The Labute approximate surface area is 120 Å². The third kappa shape index (κ3) is 2.90. The lowest BCUT2D eigenvalue weighted by atomic mass is 10.3. The number of thiazole rings is 1. The van der Waals surface area contributed by atoms with E-state index < -0.39 is 0 Å². The van der Waals surface area contributed by atoms with Gasteiger partial charge in [0, 0.05) is 32.1 Å². The largest absolute Gasteiger partial charge is 0.361 e. The van der Waals surface area contributed by atoms with Crippen LogP contribution in [0.4, 0.5) is 9.52 Å². The van der Waals surface area contributed by atoms with E-state index in [0.717, 1.165) is 35.8 Å². The van der Waals surface area contributed by atoms with Crippen LogP contribution < -0.4 is 5.32 Å². The summed E-state index contributed by atoms with van der Waals surface area (Å²) >= 11 is 1.48. The summed E-state index contributed by atoms with van der Waals surface area (Å²) in [4.78, 5) is 18.1. The highest BCUT2D eigenvalue weighted by molar-refractivity contribution is 7.22. The maximum absolute atomic E-state index is 13.1. The van der Waals surface area contributed by atoms with Crippen molar-refractivity contribution in [3.8, 4) is 0 Å². The number of rotatable bonds is 4. The molecule has 106 valence electrons. The molecule has 20 heavy (non-hydrogen) atoms. The van der Waals surface area contributed by atoms with Crippen LogP contribution in [0.3, 0.4) is 0 Å². The van der Waals surface area contributed by atoms with E-state index >= 15 is 0 Å². The molecule has 1 fully saturated rings. The van der Waals surface area contributed by atoms with E-state index in [-0.39, 0.29) is 11.7 Å². The standard InChI is InChI=1S/C14H16FN3OS/c15-10-3-4-12-11(9-10)17-14(20-12)16-6-5-13(19)18-7-1-2-8-18/h3-4,9H,1-2,5-8H2,(H,16,17). The molecular formula is C14H16FN3OS. The minimum atomic E-state index is -0.279. The van der Waals surface area contributed by atoms with Crippen LogP contribution in [0.1, 0.15) is 19.3 Å². The number of nitrogens with zero attached hydrogens (tertiary/aromatic N) is 2. The van der Waals surface area contributed by atoms with Gasteiger partial charge in [-0.3, -0.25) is 4.79 Å². The van der Waals surface area contributed by atoms with E-state index in [1.807, 2.05) is 4.90 Å². The highest BCUT2D eigenvalue weighted by atomic mass is 32.1. The van der Waals surface area contributed by atoms with Crippen molar-refractivity contribution in [3.05, 3.63) is 24.0 Å². The number of likely N-dealkylation sites (tertiary alicyclic amines) is 1. The summed E-state index contributed by atoms with van der Waals surface area (Å²) in [5.41, 5.74) is 0.656. The topological polar surface area (TPSA) is 45.2 Å². The number of halogens is 1. The number of amides is 1. The molecule has 1 aromatic heterocycles. The second kappa shape index (κ2) is 5.75. The van der Waals surface area contributed by atoms with Crippen LogP contribution in [-0.4, -0.2) is 35.4 Å². The van der Waals surface area contributed by atoms with Gasteiger partial charge in [0.15, 0.2) is 5.13 Å². The van der Waals surface area contributed by atoms with E-state index in [4.69, 9.17) is 0 Å². The van der Waals surface area contributed by atoms with Crippen molar-refractivity contribution < 1.29 is 9.18 Å². The second-order valence-electron chi connectivity index (χ2n) is 4.90. The van der Waals surface area contributed by atoms with Gasteiger partial charge in [0.05, 0.1) is 10.2 Å². The van der Waals surface area contributed by atoms with Gasteiger partial charge < -0.3 is 10.2 Å². The molecule has 2 heterocycles. The van der Waals surface area contributed by atoms with Crippen molar-refractivity contribution in [3.63, 3.8) is 0 Å². The number of nitrogens with one attached hydrogen (secondary N) is 1. The molecule has 0 unspecified atom stereocenters. The van der Waals surface area contributed by atoms with Gasteiger partial charge in [-0.05, 0) is 25.0 Å². The number of carbonyl (C=O) groups excluding carboxylic acids is 1. The van der Waals surface area contributed by atoms with Crippen LogP contribution >= 0.6 is 11.3 Å². The molecule has 3 rings (SSSR count). The van der Waals surface area contributed by atoms with Crippen LogP contribution in [0.5, 0.6) is 0 Å². The van der Waals surface area contributed by atoms with Crippen molar-refractivity contribution in [2.75, 3.05) is 25.0 Å². The van der Waals surface area contributed by atoms with Gasteiger partial charge in [0.1, 0.15) is 5.82 Å². The number of aromatic nitrogens is 1. The third-order valence-electron chi connectivity index (χ3n) is 3.42. The lowest BCUT2D eigenvalue weighted by Crippen LogP contribution is -2.29. The fourth-order valence-corrected chi connectivity index (χ4v) is 3.25. The van der Waals surface area contributed by atoms with Crippen molar-refractivity contribution in [1.82, 2.24) is 9.88 Å². The first-order valence-electron chi connectivity index (χ1n) is 6.80. The zero-order chi connectivity index (χ0) is 13.9. The van der Waals surface area contributed by atoms with Crippen molar-refractivity contribution in [2.24, 2.45) is 0 Å². The summed E-state index contributed by atoms with van der Waals surface area (Å²) in [6.45, 7) is 2.34. The number of anilines is 1. The van der Waals surface area contributed by atoms with E-state index in [1.54, 1.807) is 6.07 Å². The zero-order valence-electron chi connectivity index (χ0n) is 11.1. The Morgan fingerprint density at radius 3 is 3.00 bits per heavy atom. The summed E-state index contributed by atoms with van der Waals surface area (Å²) < 4.78 is 14.0. The number of hydrogen-bond donors (Lipinski definition) is 1. The Balaban J connectivity index is 1.55. The van der Waals surface area contributed by atoms with Gasteiger partial charge in [0.25, 0.3) is 0 Å². The lowest BCUT2D eigenvalue weighted by Gasteiger charge is -2.14. The fraction of sp³-hybridized carbons (Fsp3) is 0.429. The molecule has 1 amide bonds. The molecule has 1 N–H and O–H groups in total. The molecule has 1 aromatic carbocycles. The average molecular weight is 293 g/mol. The molecule has 0 saturated carbocycles. The Hall–Kier alpha value is -1.69. The summed E-state index contributed by atoms with van der Waals surface area (Å²) in [6, 6.07) is 4.58. The van der Waals surface area contributed by atoms with Gasteiger partial charge >= 0.3 is 0 Å². The van der Waals surface area contributed by atoms with E-state index in [2.05, 4.69) is 10.3 Å². The normalized spacial score (nSPS) is 14.9. The molecule has 0 atom stereocenters. The number of hydrogen-bond acceptors (Lipinski definition) is 4. The van der Waals surface area contributed by atoms with E-state index in [0.29, 0.717) is 18.5 Å². The molecule has 2 aromatic rings. The Kier molecular flexibility index (Phi) is 3.82. The van der Waals surface area contributed by atoms with Crippen LogP contribution in [0.25, 0.3) is 10.2 Å². The molecule has 0 bridgehead atoms. The zero-order valence-corrected chi connectivity index (χ0v) is 11.9. The molecular weight excluding hydrogens is 277 g/mol. The number of fused-ring (bicyclic) bond motifs is 1. The van der Waals surface area contributed by atoms with Crippen molar-refractivity contribution in [2.45, 2.75) is 19.3 Å². The van der Waals surface area contributed by atoms with Gasteiger partial charge in [-0.2, -0.15) is 0 Å². The predicted octanol–water partition coefficient (Wildman–Crippen LogP) is 2.86. The molecule has 6 heteroatoms. The monoisotopic (exact) mass is 293 g/mol. The summed E-state index contributed by atoms with van der Waals surface area (Å²) in [6.07, 6.45) is 2.70. The Bertz CT molecular complexity index is 622. The predicted molar refractivity (Wildman–Crippen MR) is 78.5 cm³/mol. The quantitative estimate of drug-likeness (QED) is 0.943.